The molecule has 1 rings (SSSR count). The van der Waals surface area contributed by atoms with Crippen molar-refractivity contribution in [1.82, 2.24) is 4.90 Å². The van der Waals surface area contributed by atoms with E-state index < -0.39 is 6.10 Å². The number of carbonyl (C=O) groups excluding carboxylic acids is 1. The van der Waals surface area contributed by atoms with Crippen LogP contribution in [-0.4, -0.2) is 55.9 Å². The molecule has 0 saturated heterocycles. The molecule has 1 aromatic rings. The third-order valence-corrected chi connectivity index (χ3v) is 3.77. The molecular formula is C18H30N2O3. The maximum Gasteiger partial charge on any atom is 0.224 e. The number of ether oxygens (including phenoxy) is 1. The first-order valence-electron chi connectivity index (χ1n) is 8.06. The Labute approximate surface area is 139 Å². The van der Waals surface area contributed by atoms with Gasteiger partial charge in [0.1, 0.15) is 0 Å². The number of aliphatic hydroxyl groups is 1. The Bertz CT molecular complexity index is 494. The molecule has 1 amide bonds. The van der Waals surface area contributed by atoms with Crippen LogP contribution in [0.15, 0.2) is 12.1 Å². The van der Waals surface area contributed by atoms with E-state index >= 15 is 0 Å². The Hall–Kier alpha value is -1.43. The lowest BCUT2D eigenvalue weighted by atomic mass is 10.0. The zero-order valence-corrected chi connectivity index (χ0v) is 15.0. The number of benzene rings is 1. The Morgan fingerprint density at radius 1 is 1.30 bits per heavy atom. The standard InChI is InChI=1S/C18H30N2O3/c1-13-9-14(2)18(15(3)10-13)19-17(22)7-6-8-20(4)11-16(21)12-23-5/h9-10,16,21H,6-8,11-12H2,1-5H3,(H,19,22). The van der Waals surface area contributed by atoms with E-state index in [0.717, 1.165) is 29.8 Å². The highest BCUT2D eigenvalue weighted by Crippen LogP contribution is 2.22. The van der Waals surface area contributed by atoms with E-state index in [1.807, 2.05) is 25.8 Å². The van der Waals surface area contributed by atoms with Gasteiger partial charge in [-0.25, -0.2) is 0 Å². The average molecular weight is 322 g/mol. The number of rotatable bonds is 9. The van der Waals surface area contributed by atoms with Crippen molar-refractivity contribution in [3.05, 3.63) is 28.8 Å². The third-order valence-electron chi connectivity index (χ3n) is 3.77. The normalized spacial score (nSPS) is 12.5. The van der Waals surface area contributed by atoms with Crippen molar-refractivity contribution in [2.75, 3.05) is 39.2 Å². The minimum atomic E-state index is -0.489. The molecule has 0 heterocycles. The van der Waals surface area contributed by atoms with Gasteiger partial charge < -0.3 is 20.1 Å². The molecule has 1 atom stereocenters. The van der Waals surface area contributed by atoms with Crippen molar-refractivity contribution >= 4 is 11.6 Å². The monoisotopic (exact) mass is 322 g/mol. The first kappa shape index (κ1) is 19.6. The van der Waals surface area contributed by atoms with Crippen LogP contribution in [0.3, 0.4) is 0 Å². The van der Waals surface area contributed by atoms with Crippen LogP contribution in [0.5, 0.6) is 0 Å². The molecule has 5 nitrogen and oxygen atoms in total. The highest BCUT2D eigenvalue weighted by molar-refractivity contribution is 5.92. The van der Waals surface area contributed by atoms with E-state index in [4.69, 9.17) is 4.74 Å². The number of likely N-dealkylation sites (N-methyl/N-ethyl adjacent to an activating group) is 1. The van der Waals surface area contributed by atoms with Crippen molar-refractivity contribution in [3.8, 4) is 0 Å². The fraction of sp³-hybridized carbons (Fsp3) is 0.611. The molecule has 0 aromatic heterocycles. The van der Waals surface area contributed by atoms with Gasteiger partial charge in [-0.15, -0.1) is 0 Å². The van der Waals surface area contributed by atoms with E-state index in [9.17, 15) is 9.90 Å². The predicted octanol–water partition coefficient (Wildman–Crippen LogP) is 2.27. The topological polar surface area (TPSA) is 61.8 Å². The van der Waals surface area contributed by atoms with Crippen molar-refractivity contribution in [2.45, 2.75) is 39.7 Å². The number of nitrogens with one attached hydrogen (secondary N) is 1. The fourth-order valence-electron chi connectivity index (χ4n) is 2.78. The van der Waals surface area contributed by atoms with Crippen LogP contribution in [0.1, 0.15) is 29.5 Å². The number of anilines is 1. The lowest BCUT2D eigenvalue weighted by Crippen LogP contribution is -2.32. The van der Waals surface area contributed by atoms with Crippen LogP contribution >= 0.6 is 0 Å². The molecule has 130 valence electrons. The van der Waals surface area contributed by atoms with Gasteiger partial charge in [0.2, 0.25) is 5.91 Å². The van der Waals surface area contributed by atoms with Gasteiger partial charge in [-0.2, -0.15) is 0 Å². The highest BCUT2D eigenvalue weighted by atomic mass is 16.5. The summed E-state index contributed by atoms with van der Waals surface area (Å²) < 4.78 is 4.90. The second kappa shape index (κ2) is 9.65. The first-order chi connectivity index (χ1) is 10.8. The fourth-order valence-corrected chi connectivity index (χ4v) is 2.78. The first-order valence-corrected chi connectivity index (χ1v) is 8.06. The van der Waals surface area contributed by atoms with Crippen LogP contribution in [0.25, 0.3) is 0 Å². The van der Waals surface area contributed by atoms with Gasteiger partial charge in [0.05, 0.1) is 12.7 Å². The number of methoxy groups -OCH3 is 1. The molecule has 0 aliphatic heterocycles. The molecule has 5 heteroatoms. The maximum absolute atomic E-state index is 12.1. The Kier molecular flexibility index (Phi) is 8.23. The Morgan fingerprint density at radius 3 is 2.48 bits per heavy atom. The number of aryl methyl sites for hydroxylation is 3. The Balaban J connectivity index is 2.38. The summed E-state index contributed by atoms with van der Waals surface area (Å²) >= 11 is 0. The summed E-state index contributed by atoms with van der Waals surface area (Å²) in [6, 6.07) is 4.15. The van der Waals surface area contributed by atoms with Crippen molar-refractivity contribution in [1.29, 1.82) is 0 Å². The zero-order valence-electron chi connectivity index (χ0n) is 15.0. The van der Waals surface area contributed by atoms with Crippen LogP contribution < -0.4 is 5.32 Å². The third kappa shape index (κ3) is 7.12. The molecule has 2 N–H and O–H groups in total. The largest absolute Gasteiger partial charge is 0.389 e. The van der Waals surface area contributed by atoms with Crippen molar-refractivity contribution in [3.63, 3.8) is 0 Å². The van der Waals surface area contributed by atoms with Crippen LogP contribution in [0.2, 0.25) is 0 Å². The minimum Gasteiger partial charge on any atom is -0.389 e. The van der Waals surface area contributed by atoms with Gasteiger partial charge in [0.25, 0.3) is 0 Å². The molecule has 0 spiro atoms. The van der Waals surface area contributed by atoms with Crippen LogP contribution in [0, 0.1) is 20.8 Å². The molecule has 0 bridgehead atoms. The average Bonchev–Trinajstić information content (AvgIpc) is 2.42. The molecule has 0 fully saturated rings. The number of aliphatic hydroxyl groups excluding tert-OH is 1. The summed E-state index contributed by atoms with van der Waals surface area (Å²) in [5.74, 6) is 0.0332. The van der Waals surface area contributed by atoms with Gasteiger partial charge >= 0.3 is 0 Å². The predicted molar refractivity (Wildman–Crippen MR) is 93.9 cm³/mol. The molecule has 0 radical (unpaired) electrons. The zero-order chi connectivity index (χ0) is 17.4. The van der Waals surface area contributed by atoms with Gasteiger partial charge in [0, 0.05) is 25.8 Å². The summed E-state index contributed by atoms with van der Waals surface area (Å²) in [6.07, 6.45) is 0.736. The van der Waals surface area contributed by atoms with Crippen molar-refractivity contribution < 1.29 is 14.6 Å². The number of hydrogen-bond acceptors (Lipinski definition) is 4. The van der Waals surface area contributed by atoms with Gasteiger partial charge in [-0.1, -0.05) is 17.7 Å². The van der Waals surface area contributed by atoms with Crippen LogP contribution in [0.4, 0.5) is 5.69 Å². The minimum absolute atomic E-state index is 0.0332. The molecule has 1 unspecified atom stereocenters. The summed E-state index contributed by atoms with van der Waals surface area (Å²) in [7, 11) is 3.51. The van der Waals surface area contributed by atoms with Gasteiger partial charge in [-0.05, 0) is 51.9 Å². The Morgan fingerprint density at radius 2 is 1.91 bits per heavy atom. The van der Waals surface area contributed by atoms with E-state index in [0.29, 0.717) is 19.6 Å². The van der Waals surface area contributed by atoms with E-state index in [-0.39, 0.29) is 5.91 Å². The number of amides is 1. The molecular weight excluding hydrogens is 292 g/mol. The summed E-state index contributed by atoms with van der Waals surface area (Å²) in [6.45, 7) is 7.73. The molecule has 1 aromatic carbocycles. The van der Waals surface area contributed by atoms with E-state index in [1.54, 1.807) is 7.11 Å². The lowest BCUT2D eigenvalue weighted by Gasteiger charge is -2.20. The van der Waals surface area contributed by atoms with Gasteiger partial charge in [-0.3, -0.25) is 4.79 Å². The van der Waals surface area contributed by atoms with Gasteiger partial charge in [0.15, 0.2) is 0 Å². The maximum atomic E-state index is 12.1. The van der Waals surface area contributed by atoms with E-state index in [2.05, 4.69) is 24.4 Å². The summed E-state index contributed by atoms with van der Waals surface area (Å²) in [5, 5.41) is 12.7. The smallest absolute Gasteiger partial charge is 0.224 e. The SMILES string of the molecule is COCC(O)CN(C)CCCC(=O)Nc1c(C)cc(C)cc1C. The number of hydrogen-bond donors (Lipinski definition) is 2. The summed E-state index contributed by atoms with van der Waals surface area (Å²) in [5.41, 5.74) is 4.31. The molecule has 0 aliphatic rings. The van der Waals surface area contributed by atoms with Crippen LogP contribution in [-0.2, 0) is 9.53 Å². The highest BCUT2D eigenvalue weighted by Gasteiger charge is 2.10. The second-order valence-electron chi connectivity index (χ2n) is 6.30. The molecule has 23 heavy (non-hydrogen) atoms. The molecule has 0 aliphatic carbocycles. The number of nitrogens with zero attached hydrogens (tertiary/aromatic N) is 1. The van der Waals surface area contributed by atoms with E-state index in [1.165, 1.54) is 5.56 Å². The molecule has 0 saturated carbocycles. The quantitative estimate of drug-likeness (QED) is 0.732. The number of carbonyl (C=O) groups is 1. The summed E-state index contributed by atoms with van der Waals surface area (Å²) in [4.78, 5) is 14.1. The van der Waals surface area contributed by atoms with Crippen molar-refractivity contribution in [2.24, 2.45) is 0 Å². The lowest BCUT2D eigenvalue weighted by molar-refractivity contribution is -0.116. The second-order valence-corrected chi connectivity index (χ2v) is 6.30.